The van der Waals surface area contributed by atoms with Crippen molar-refractivity contribution in [2.45, 2.75) is 19.3 Å². The average molecular weight is 264 g/mol. The van der Waals surface area contributed by atoms with Gasteiger partial charge in [-0.3, -0.25) is 4.79 Å². The second-order valence-electron chi connectivity index (χ2n) is 4.45. The summed E-state index contributed by atoms with van der Waals surface area (Å²) in [5.41, 5.74) is 0. The molecular weight excluding hydrogens is 242 g/mol. The van der Waals surface area contributed by atoms with Gasteiger partial charge >= 0.3 is 0 Å². The maximum Gasteiger partial charge on any atom is 0.246 e. The number of halogens is 1. The van der Waals surface area contributed by atoms with Crippen molar-refractivity contribution in [3.63, 3.8) is 0 Å². The summed E-state index contributed by atoms with van der Waals surface area (Å²) in [6.07, 6.45) is 3.58. The first-order chi connectivity index (χ1) is 8.27. The minimum Gasteiger partial charge on any atom is -0.382 e. The van der Waals surface area contributed by atoms with Gasteiger partial charge in [-0.1, -0.05) is 6.42 Å². The van der Waals surface area contributed by atoms with Crippen LogP contribution in [0.3, 0.4) is 0 Å². The normalized spacial score (nSPS) is 23.9. The molecule has 0 aromatic heterocycles. The molecule has 100 valence electrons. The summed E-state index contributed by atoms with van der Waals surface area (Å²) in [5.74, 6) is 1.74. The third-order valence-corrected chi connectivity index (χ3v) is 3.64. The van der Waals surface area contributed by atoms with Crippen LogP contribution < -0.4 is 5.32 Å². The number of hydrogen-bond acceptors (Lipinski definition) is 3. The summed E-state index contributed by atoms with van der Waals surface area (Å²) in [5, 5.41) is 2.90. The Morgan fingerprint density at radius 1 is 1.35 bits per heavy atom. The second-order valence-corrected chi connectivity index (χ2v) is 4.76. The summed E-state index contributed by atoms with van der Waals surface area (Å²) in [6, 6.07) is 0. The van der Waals surface area contributed by atoms with Crippen LogP contribution in [0.15, 0.2) is 0 Å². The smallest absolute Gasteiger partial charge is 0.246 e. The molecule has 0 aromatic rings. The molecule has 1 aliphatic carbocycles. The maximum atomic E-state index is 11.4. The van der Waals surface area contributed by atoms with Crippen molar-refractivity contribution in [2.24, 2.45) is 11.8 Å². The van der Waals surface area contributed by atoms with E-state index in [4.69, 9.17) is 21.1 Å². The van der Waals surface area contributed by atoms with Crippen molar-refractivity contribution in [1.29, 1.82) is 0 Å². The molecule has 17 heavy (non-hydrogen) atoms. The Kier molecular flexibility index (Phi) is 7.56. The van der Waals surface area contributed by atoms with Crippen molar-refractivity contribution in [3.8, 4) is 0 Å². The van der Waals surface area contributed by atoms with Crippen molar-refractivity contribution < 1.29 is 14.3 Å². The number of carbonyl (C=O) groups is 1. The van der Waals surface area contributed by atoms with Gasteiger partial charge in [0.1, 0.15) is 6.61 Å². The summed E-state index contributed by atoms with van der Waals surface area (Å²) in [6.45, 7) is 1.81. The van der Waals surface area contributed by atoms with Gasteiger partial charge in [0.25, 0.3) is 0 Å². The minimum absolute atomic E-state index is 0.0543. The number of nitrogens with one attached hydrogen (secondary N) is 1. The van der Waals surface area contributed by atoms with Crippen molar-refractivity contribution in [1.82, 2.24) is 5.32 Å². The van der Waals surface area contributed by atoms with Crippen LogP contribution in [-0.2, 0) is 14.3 Å². The number of carbonyl (C=O) groups excluding carboxylic acids is 1. The molecule has 1 N–H and O–H groups in total. The van der Waals surface area contributed by atoms with E-state index in [1.54, 1.807) is 7.11 Å². The molecule has 0 spiro atoms. The largest absolute Gasteiger partial charge is 0.382 e. The molecule has 5 heteroatoms. The van der Waals surface area contributed by atoms with Gasteiger partial charge in [0, 0.05) is 19.5 Å². The zero-order valence-corrected chi connectivity index (χ0v) is 11.2. The van der Waals surface area contributed by atoms with Gasteiger partial charge in [0.15, 0.2) is 0 Å². The van der Waals surface area contributed by atoms with Crippen LogP contribution in [0.5, 0.6) is 0 Å². The van der Waals surface area contributed by atoms with Gasteiger partial charge in [0.2, 0.25) is 5.91 Å². The van der Waals surface area contributed by atoms with E-state index in [-0.39, 0.29) is 12.5 Å². The molecule has 1 fully saturated rings. The topological polar surface area (TPSA) is 47.6 Å². The molecule has 1 aliphatic rings. The molecule has 1 rings (SSSR count). The Labute approximate surface area is 108 Å². The first-order valence-corrected chi connectivity index (χ1v) is 6.70. The number of alkyl halides is 1. The molecule has 0 aliphatic heterocycles. The zero-order chi connectivity index (χ0) is 12.5. The Morgan fingerprint density at radius 2 is 2.12 bits per heavy atom. The van der Waals surface area contributed by atoms with Crippen LogP contribution in [-0.4, -0.2) is 45.3 Å². The second kappa shape index (κ2) is 8.72. The van der Waals surface area contributed by atoms with Gasteiger partial charge in [-0.05, 0) is 24.7 Å². The molecule has 4 nitrogen and oxygen atoms in total. The van der Waals surface area contributed by atoms with E-state index >= 15 is 0 Å². The quantitative estimate of drug-likeness (QED) is 0.532. The number of amides is 1. The predicted molar refractivity (Wildman–Crippen MR) is 67.3 cm³/mol. The molecule has 0 saturated heterocycles. The van der Waals surface area contributed by atoms with Gasteiger partial charge in [0.05, 0.1) is 13.2 Å². The van der Waals surface area contributed by atoms with E-state index in [0.29, 0.717) is 30.9 Å². The third kappa shape index (κ3) is 5.70. The fourth-order valence-corrected chi connectivity index (χ4v) is 2.59. The lowest BCUT2D eigenvalue weighted by atomic mass is 9.98. The lowest BCUT2D eigenvalue weighted by molar-refractivity contribution is -0.126. The highest BCUT2D eigenvalue weighted by molar-refractivity contribution is 6.18. The standard InChI is InChI=1S/C12H22ClNO3/c1-16-5-6-17-9-12(15)14-8-11-4-2-3-10(11)7-13/h10-11H,2-9H2,1H3,(H,14,15). The van der Waals surface area contributed by atoms with Crippen LogP contribution in [0.4, 0.5) is 0 Å². The molecule has 1 amide bonds. The highest BCUT2D eigenvalue weighted by Crippen LogP contribution is 2.31. The van der Waals surface area contributed by atoms with Crippen LogP contribution in [0.25, 0.3) is 0 Å². The first kappa shape index (κ1) is 14.7. The summed E-state index contributed by atoms with van der Waals surface area (Å²) in [4.78, 5) is 11.4. The summed E-state index contributed by atoms with van der Waals surface area (Å²) >= 11 is 5.88. The number of methoxy groups -OCH3 is 1. The Morgan fingerprint density at radius 3 is 2.82 bits per heavy atom. The van der Waals surface area contributed by atoms with Gasteiger partial charge in [-0.15, -0.1) is 11.6 Å². The predicted octanol–water partition coefficient (Wildman–Crippen LogP) is 1.42. The van der Waals surface area contributed by atoms with Gasteiger partial charge < -0.3 is 14.8 Å². The molecule has 2 unspecified atom stereocenters. The molecule has 0 radical (unpaired) electrons. The van der Waals surface area contributed by atoms with E-state index in [9.17, 15) is 4.79 Å². The van der Waals surface area contributed by atoms with Crippen molar-refractivity contribution >= 4 is 17.5 Å². The minimum atomic E-state index is -0.0543. The average Bonchev–Trinajstić information content (AvgIpc) is 2.79. The Hall–Kier alpha value is -0.320. The van der Waals surface area contributed by atoms with Crippen LogP contribution in [0.1, 0.15) is 19.3 Å². The first-order valence-electron chi connectivity index (χ1n) is 6.17. The van der Waals surface area contributed by atoms with Crippen LogP contribution >= 0.6 is 11.6 Å². The van der Waals surface area contributed by atoms with Gasteiger partial charge in [-0.2, -0.15) is 0 Å². The lowest BCUT2D eigenvalue weighted by Gasteiger charge is -2.17. The molecule has 1 saturated carbocycles. The number of ether oxygens (including phenoxy) is 2. The number of hydrogen-bond donors (Lipinski definition) is 1. The molecule has 0 bridgehead atoms. The number of rotatable bonds is 8. The van der Waals surface area contributed by atoms with Crippen molar-refractivity contribution in [2.75, 3.05) is 39.4 Å². The van der Waals surface area contributed by atoms with Gasteiger partial charge in [-0.25, -0.2) is 0 Å². The molecule has 2 atom stereocenters. The molecule has 0 heterocycles. The monoisotopic (exact) mass is 263 g/mol. The van der Waals surface area contributed by atoms with Crippen LogP contribution in [0.2, 0.25) is 0 Å². The van der Waals surface area contributed by atoms with Crippen molar-refractivity contribution in [3.05, 3.63) is 0 Å². The van der Waals surface area contributed by atoms with E-state index in [1.807, 2.05) is 0 Å². The third-order valence-electron chi connectivity index (χ3n) is 3.24. The Balaban J connectivity index is 2.06. The lowest BCUT2D eigenvalue weighted by Crippen LogP contribution is -2.34. The fourth-order valence-electron chi connectivity index (χ4n) is 2.19. The maximum absolute atomic E-state index is 11.4. The van der Waals surface area contributed by atoms with E-state index < -0.39 is 0 Å². The van der Waals surface area contributed by atoms with E-state index in [2.05, 4.69) is 5.32 Å². The Bertz CT molecular complexity index is 226. The summed E-state index contributed by atoms with van der Waals surface area (Å²) < 4.78 is 9.96. The van der Waals surface area contributed by atoms with E-state index in [0.717, 1.165) is 6.54 Å². The zero-order valence-electron chi connectivity index (χ0n) is 10.4. The highest BCUT2D eigenvalue weighted by atomic mass is 35.5. The highest BCUT2D eigenvalue weighted by Gasteiger charge is 2.26. The SMILES string of the molecule is COCCOCC(=O)NCC1CCCC1CCl. The molecular formula is C12H22ClNO3. The fraction of sp³-hybridized carbons (Fsp3) is 0.917. The van der Waals surface area contributed by atoms with E-state index in [1.165, 1.54) is 19.3 Å². The molecule has 0 aromatic carbocycles. The summed E-state index contributed by atoms with van der Waals surface area (Å²) in [7, 11) is 1.61. The van der Waals surface area contributed by atoms with Crippen LogP contribution in [0, 0.1) is 11.8 Å².